The lowest BCUT2D eigenvalue weighted by Crippen LogP contribution is -2.50. The SMILES string of the molecule is CC1=C(C)C[C@H]([Si](C)(C)c2ccccc2)[C@@H](O)C1. The smallest absolute Gasteiger partial charge is 0.0865 e. The number of allylic oxidation sites excluding steroid dienone is 1. The molecule has 2 rings (SSSR count). The Morgan fingerprint density at radius 1 is 1.00 bits per heavy atom. The molecule has 2 heteroatoms. The van der Waals surface area contributed by atoms with Crippen LogP contribution >= 0.6 is 0 Å². The van der Waals surface area contributed by atoms with Gasteiger partial charge in [-0.15, -0.1) is 0 Å². The highest BCUT2D eigenvalue weighted by molar-refractivity contribution is 6.91. The predicted octanol–water partition coefficient (Wildman–Crippen LogP) is 3.46. The summed E-state index contributed by atoms with van der Waals surface area (Å²) >= 11 is 0. The summed E-state index contributed by atoms with van der Waals surface area (Å²) in [4.78, 5) is 0. The monoisotopic (exact) mass is 260 g/mol. The first-order valence-corrected chi connectivity index (χ1v) is 9.89. The Balaban J connectivity index is 2.31. The number of hydrogen-bond acceptors (Lipinski definition) is 1. The van der Waals surface area contributed by atoms with E-state index in [1.165, 1.54) is 16.3 Å². The molecule has 1 aromatic rings. The van der Waals surface area contributed by atoms with Crippen LogP contribution in [0.5, 0.6) is 0 Å². The highest BCUT2D eigenvalue weighted by Crippen LogP contribution is 2.39. The van der Waals surface area contributed by atoms with Crippen LogP contribution in [-0.2, 0) is 0 Å². The Bertz CT molecular complexity index is 447. The van der Waals surface area contributed by atoms with E-state index in [4.69, 9.17) is 0 Å². The van der Waals surface area contributed by atoms with Gasteiger partial charge in [0.05, 0.1) is 14.2 Å². The van der Waals surface area contributed by atoms with E-state index >= 15 is 0 Å². The van der Waals surface area contributed by atoms with Gasteiger partial charge in [0.15, 0.2) is 0 Å². The predicted molar refractivity (Wildman–Crippen MR) is 80.9 cm³/mol. The minimum atomic E-state index is -1.60. The fourth-order valence-corrected chi connectivity index (χ4v) is 6.46. The highest BCUT2D eigenvalue weighted by Gasteiger charge is 2.40. The Morgan fingerprint density at radius 2 is 1.56 bits per heavy atom. The molecule has 98 valence electrons. The molecule has 0 fully saturated rings. The molecule has 1 nitrogen and oxygen atoms in total. The van der Waals surface area contributed by atoms with Crippen LogP contribution in [0.2, 0.25) is 18.6 Å². The number of benzene rings is 1. The number of hydrogen-bond donors (Lipinski definition) is 1. The van der Waals surface area contributed by atoms with E-state index < -0.39 is 8.07 Å². The van der Waals surface area contributed by atoms with E-state index in [1.807, 2.05) is 0 Å². The summed E-state index contributed by atoms with van der Waals surface area (Å²) in [5, 5.41) is 11.9. The summed E-state index contributed by atoms with van der Waals surface area (Å²) in [5.74, 6) is 0. The lowest BCUT2D eigenvalue weighted by molar-refractivity contribution is 0.156. The van der Waals surface area contributed by atoms with Gasteiger partial charge >= 0.3 is 0 Å². The molecule has 0 saturated heterocycles. The second-order valence-corrected chi connectivity index (χ2v) is 11.0. The Labute approximate surface area is 112 Å². The van der Waals surface area contributed by atoms with Gasteiger partial charge in [0.25, 0.3) is 0 Å². The van der Waals surface area contributed by atoms with E-state index in [-0.39, 0.29) is 6.10 Å². The maximum absolute atomic E-state index is 10.5. The second kappa shape index (κ2) is 5.02. The van der Waals surface area contributed by atoms with Crippen molar-refractivity contribution >= 4 is 13.3 Å². The molecule has 0 amide bonds. The van der Waals surface area contributed by atoms with Crippen LogP contribution in [0, 0.1) is 0 Å². The van der Waals surface area contributed by atoms with Crippen molar-refractivity contribution in [3.8, 4) is 0 Å². The topological polar surface area (TPSA) is 20.2 Å². The van der Waals surface area contributed by atoms with Gasteiger partial charge in [-0.05, 0) is 32.2 Å². The first-order chi connectivity index (χ1) is 8.43. The van der Waals surface area contributed by atoms with E-state index in [0.29, 0.717) is 5.54 Å². The van der Waals surface area contributed by atoms with Crippen LogP contribution in [0.15, 0.2) is 41.5 Å². The summed E-state index contributed by atoms with van der Waals surface area (Å²) in [5.41, 5.74) is 3.32. The van der Waals surface area contributed by atoms with Crippen molar-refractivity contribution in [2.75, 3.05) is 0 Å². The molecule has 0 heterocycles. The van der Waals surface area contributed by atoms with Crippen LogP contribution in [-0.4, -0.2) is 19.3 Å². The van der Waals surface area contributed by atoms with Crippen molar-refractivity contribution < 1.29 is 5.11 Å². The lowest BCUT2D eigenvalue weighted by atomic mass is 9.91. The molecule has 0 unspecified atom stereocenters. The van der Waals surface area contributed by atoms with E-state index in [0.717, 1.165) is 12.8 Å². The molecule has 1 aliphatic rings. The molecule has 0 aromatic heterocycles. The molecular formula is C16H24OSi. The van der Waals surface area contributed by atoms with Crippen molar-refractivity contribution in [2.45, 2.75) is 51.4 Å². The highest BCUT2D eigenvalue weighted by atomic mass is 28.3. The van der Waals surface area contributed by atoms with E-state index in [1.54, 1.807) is 0 Å². The van der Waals surface area contributed by atoms with Crippen molar-refractivity contribution in [2.24, 2.45) is 0 Å². The summed E-state index contributed by atoms with van der Waals surface area (Å²) in [6.45, 7) is 9.17. The molecule has 1 aromatic carbocycles. The van der Waals surface area contributed by atoms with Crippen molar-refractivity contribution in [1.29, 1.82) is 0 Å². The third kappa shape index (κ3) is 2.45. The Hall–Kier alpha value is -0.863. The number of aliphatic hydroxyl groups is 1. The fraction of sp³-hybridized carbons (Fsp3) is 0.500. The van der Waals surface area contributed by atoms with Gasteiger partial charge in [0.2, 0.25) is 0 Å². The zero-order valence-electron chi connectivity index (χ0n) is 11.9. The van der Waals surface area contributed by atoms with Gasteiger partial charge in [-0.1, -0.05) is 59.8 Å². The van der Waals surface area contributed by atoms with Crippen molar-refractivity contribution in [3.63, 3.8) is 0 Å². The van der Waals surface area contributed by atoms with Gasteiger partial charge in [0.1, 0.15) is 0 Å². The molecule has 1 aliphatic carbocycles. The van der Waals surface area contributed by atoms with Gasteiger partial charge in [-0.25, -0.2) is 0 Å². The molecule has 0 saturated carbocycles. The molecule has 18 heavy (non-hydrogen) atoms. The zero-order chi connectivity index (χ0) is 13.3. The van der Waals surface area contributed by atoms with E-state index in [2.05, 4.69) is 57.3 Å². The van der Waals surface area contributed by atoms with Gasteiger partial charge in [0, 0.05) is 0 Å². The fourth-order valence-electron chi connectivity index (χ4n) is 3.09. The largest absolute Gasteiger partial charge is 0.393 e. The average molecular weight is 260 g/mol. The first-order valence-electron chi connectivity index (χ1n) is 6.81. The Morgan fingerprint density at radius 3 is 2.17 bits per heavy atom. The van der Waals surface area contributed by atoms with Crippen LogP contribution in [0.25, 0.3) is 0 Å². The lowest BCUT2D eigenvalue weighted by Gasteiger charge is -2.40. The van der Waals surface area contributed by atoms with Gasteiger partial charge in [-0.2, -0.15) is 0 Å². The zero-order valence-corrected chi connectivity index (χ0v) is 12.9. The average Bonchev–Trinajstić information content (AvgIpc) is 2.34. The van der Waals surface area contributed by atoms with Crippen LogP contribution in [0.4, 0.5) is 0 Å². The minimum Gasteiger partial charge on any atom is -0.393 e. The molecule has 2 atom stereocenters. The molecule has 0 spiro atoms. The number of rotatable bonds is 2. The van der Waals surface area contributed by atoms with Gasteiger partial charge in [-0.3, -0.25) is 0 Å². The van der Waals surface area contributed by atoms with Crippen LogP contribution in [0.1, 0.15) is 26.7 Å². The summed E-state index contributed by atoms with van der Waals surface area (Å²) in [7, 11) is -1.60. The maximum atomic E-state index is 10.5. The standard InChI is InChI=1S/C16H24OSi/c1-12-10-15(17)16(11-13(12)2)18(3,4)14-8-6-5-7-9-14/h5-9,15-17H,10-11H2,1-4H3/t15-,16-/m0/s1. The quantitative estimate of drug-likeness (QED) is 0.638. The normalized spacial score (nSPS) is 25.4. The van der Waals surface area contributed by atoms with E-state index in [9.17, 15) is 5.11 Å². The van der Waals surface area contributed by atoms with Crippen LogP contribution in [0.3, 0.4) is 0 Å². The molecule has 0 aliphatic heterocycles. The van der Waals surface area contributed by atoms with Crippen molar-refractivity contribution in [3.05, 3.63) is 41.5 Å². The second-order valence-electron chi connectivity index (χ2n) is 6.23. The first kappa shape index (κ1) is 13.6. The Kier molecular flexibility index (Phi) is 3.78. The maximum Gasteiger partial charge on any atom is 0.0865 e. The summed E-state index contributed by atoms with van der Waals surface area (Å²) in [6.07, 6.45) is 1.77. The van der Waals surface area contributed by atoms with Gasteiger partial charge < -0.3 is 5.11 Å². The molecule has 0 radical (unpaired) electrons. The minimum absolute atomic E-state index is 0.157. The van der Waals surface area contributed by atoms with Crippen LogP contribution < -0.4 is 5.19 Å². The summed E-state index contributed by atoms with van der Waals surface area (Å²) in [6, 6.07) is 10.8. The third-order valence-electron chi connectivity index (χ3n) is 4.68. The van der Waals surface area contributed by atoms with Crippen molar-refractivity contribution in [1.82, 2.24) is 0 Å². The molecule has 1 N–H and O–H groups in total. The number of aliphatic hydroxyl groups excluding tert-OH is 1. The third-order valence-corrected chi connectivity index (χ3v) is 8.94. The molecule has 0 bridgehead atoms. The molecular weight excluding hydrogens is 236 g/mol. The summed E-state index contributed by atoms with van der Waals surface area (Å²) < 4.78 is 0.